The largest absolute Gasteiger partial charge is 1.00 e. The van der Waals surface area contributed by atoms with E-state index in [-0.39, 0.29) is 71.6 Å². The van der Waals surface area contributed by atoms with Gasteiger partial charge in [0.2, 0.25) is 5.91 Å². The molecule has 0 radical (unpaired) electrons. The second-order valence-corrected chi connectivity index (χ2v) is 7.38. The number of carboxylic acids is 2. The normalized spacial score (nSPS) is 11.5. The maximum Gasteiger partial charge on any atom is 1.00 e. The zero-order valence-electron chi connectivity index (χ0n) is 19.0. The zero-order valence-corrected chi connectivity index (χ0v) is 21.1. The van der Waals surface area contributed by atoms with E-state index in [9.17, 15) is 14.4 Å². The third-order valence-corrected chi connectivity index (χ3v) is 4.79. The molecule has 6 nitrogen and oxygen atoms in total. The Hall–Kier alpha value is 0.0464. The maximum atomic E-state index is 11.8. The van der Waals surface area contributed by atoms with Crippen molar-refractivity contribution in [3.05, 3.63) is 0 Å². The molecule has 0 unspecified atom stereocenters. The molecule has 0 aliphatic heterocycles. The number of aliphatic carboxylic acids is 2. The first-order valence-electron chi connectivity index (χ1n) is 10.7. The van der Waals surface area contributed by atoms with E-state index in [0.717, 1.165) is 19.3 Å². The Labute approximate surface area is 214 Å². The molecular weight excluding hydrogens is 385 g/mol. The van der Waals surface area contributed by atoms with Gasteiger partial charge in [0.1, 0.15) is 6.04 Å². The van der Waals surface area contributed by atoms with E-state index in [2.05, 4.69) is 12.2 Å². The molecule has 0 aliphatic carbocycles. The molecule has 0 aromatic heterocycles. The molecule has 7 heteroatoms. The number of nitrogens with one attached hydrogen (secondary N) is 1. The molecule has 1 atom stereocenters. The number of carbonyl (C=O) groups excluding carboxylic acids is 1. The van der Waals surface area contributed by atoms with E-state index in [1.165, 1.54) is 64.2 Å². The van der Waals surface area contributed by atoms with E-state index in [4.69, 9.17) is 10.2 Å². The summed E-state index contributed by atoms with van der Waals surface area (Å²) in [7, 11) is 0. The predicted molar refractivity (Wildman–Crippen MR) is 108 cm³/mol. The molecule has 28 heavy (non-hydrogen) atoms. The fraction of sp³-hybridized carbons (Fsp3) is 0.857. The third-order valence-electron chi connectivity index (χ3n) is 4.79. The van der Waals surface area contributed by atoms with Crippen LogP contribution in [0.3, 0.4) is 0 Å². The van der Waals surface area contributed by atoms with Gasteiger partial charge in [-0.1, -0.05) is 84.0 Å². The van der Waals surface area contributed by atoms with Crippen LogP contribution in [-0.4, -0.2) is 34.1 Å². The van der Waals surface area contributed by atoms with E-state index in [0.29, 0.717) is 6.42 Å². The summed E-state index contributed by atoms with van der Waals surface area (Å²) in [5.74, 6) is -2.56. The minimum Gasteiger partial charge on any atom is -1.00 e. The Bertz CT molecular complexity index is 424. The monoisotopic (exact) mass is 425 g/mol. The predicted octanol–water partition coefficient (Wildman–Crippen LogP) is 2.02. The van der Waals surface area contributed by atoms with Crippen LogP contribution in [0.25, 0.3) is 0 Å². The zero-order chi connectivity index (χ0) is 20.3. The van der Waals surface area contributed by atoms with Gasteiger partial charge in [0.15, 0.2) is 0 Å². The van der Waals surface area contributed by atoms with Crippen LogP contribution in [0.5, 0.6) is 0 Å². The molecule has 0 aliphatic rings. The van der Waals surface area contributed by atoms with Crippen LogP contribution in [0.1, 0.15) is 111 Å². The summed E-state index contributed by atoms with van der Waals surface area (Å²) >= 11 is 0. The Morgan fingerprint density at radius 2 is 1.18 bits per heavy atom. The smallest absolute Gasteiger partial charge is 1.00 e. The molecule has 0 aromatic rings. The molecule has 160 valence electrons. The maximum absolute atomic E-state index is 11.8. The van der Waals surface area contributed by atoms with Gasteiger partial charge in [-0.05, 0) is 12.8 Å². The van der Waals surface area contributed by atoms with Crippen LogP contribution in [0.2, 0.25) is 0 Å². The average molecular weight is 426 g/mol. The number of rotatable bonds is 19. The van der Waals surface area contributed by atoms with Crippen LogP contribution < -0.4 is 56.7 Å². The second-order valence-electron chi connectivity index (χ2n) is 7.38. The van der Waals surface area contributed by atoms with Crippen molar-refractivity contribution in [1.82, 2.24) is 5.32 Å². The van der Waals surface area contributed by atoms with Crippen molar-refractivity contribution in [2.45, 2.75) is 116 Å². The topological polar surface area (TPSA) is 104 Å². The Kier molecular flexibility index (Phi) is 23.5. The van der Waals surface area contributed by atoms with Crippen molar-refractivity contribution in [3.8, 4) is 0 Å². The van der Waals surface area contributed by atoms with Crippen molar-refractivity contribution in [3.63, 3.8) is 0 Å². The summed E-state index contributed by atoms with van der Waals surface area (Å²) in [6.07, 6.45) is 15.9. The van der Waals surface area contributed by atoms with Gasteiger partial charge in [-0.2, -0.15) is 0 Å². The molecule has 1 amide bonds. The molecule has 0 bridgehead atoms. The van der Waals surface area contributed by atoms with Gasteiger partial charge in [-0.15, -0.1) is 0 Å². The summed E-state index contributed by atoms with van der Waals surface area (Å²) < 4.78 is 0. The summed E-state index contributed by atoms with van der Waals surface area (Å²) in [6.45, 7) is 2.24. The quantitative estimate of drug-likeness (QED) is 0.217. The molecule has 0 fully saturated rings. The molecule has 3 N–H and O–H groups in total. The van der Waals surface area contributed by atoms with Crippen molar-refractivity contribution in [2.24, 2.45) is 0 Å². The van der Waals surface area contributed by atoms with Crippen LogP contribution in [-0.2, 0) is 14.4 Å². The van der Waals surface area contributed by atoms with E-state index < -0.39 is 18.0 Å². The first-order chi connectivity index (χ1) is 13.0. The van der Waals surface area contributed by atoms with Crippen molar-refractivity contribution in [2.75, 3.05) is 0 Å². The van der Waals surface area contributed by atoms with Gasteiger partial charge in [-0.25, -0.2) is 4.79 Å². The standard InChI is InChI=1S/C21H39NO5.K.H/c1-2-3-4-5-6-7-8-9-10-11-12-13-14-15-19(23)22-18(21(26)27)16-17-20(24)25;;/h18H,2-17H2,1H3,(H,22,23)(H,24,25)(H,26,27);;/q;+1;-1/t18-;;/m1../s1. The Balaban J connectivity index is -0.00000338. The van der Waals surface area contributed by atoms with Gasteiger partial charge in [0, 0.05) is 12.8 Å². The second kappa shape index (κ2) is 21.7. The Morgan fingerprint density at radius 3 is 1.57 bits per heavy atom. The molecule has 0 rings (SSSR count). The number of carbonyl (C=O) groups is 3. The first-order valence-corrected chi connectivity index (χ1v) is 10.7. The van der Waals surface area contributed by atoms with Crippen LogP contribution in [0.15, 0.2) is 0 Å². The summed E-state index contributed by atoms with van der Waals surface area (Å²) in [6, 6.07) is -1.12. The first kappa shape index (κ1) is 30.2. The van der Waals surface area contributed by atoms with Gasteiger partial charge < -0.3 is 17.0 Å². The van der Waals surface area contributed by atoms with Crippen molar-refractivity contribution < 1.29 is 77.4 Å². The van der Waals surface area contributed by atoms with Crippen molar-refractivity contribution >= 4 is 17.8 Å². The van der Waals surface area contributed by atoms with Crippen LogP contribution in [0, 0.1) is 0 Å². The fourth-order valence-electron chi connectivity index (χ4n) is 3.10. The van der Waals surface area contributed by atoms with Crippen LogP contribution >= 0.6 is 0 Å². The molecule has 0 spiro atoms. The SMILES string of the molecule is CCCCCCCCCCCCCCCC(=O)N[C@H](CCC(=O)O)C(=O)O.[H-].[K+]. The van der Waals surface area contributed by atoms with E-state index >= 15 is 0 Å². The van der Waals surface area contributed by atoms with Gasteiger partial charge in [0.25, 0.3) is 0 Å². The molecule has 0 aromatic carbocycles. The molecule has 0 saturated heterocycles. The van der Waals surface area contributed by atoms with Crippen LogP contribution in [0.4, 0.5) is 0 Å². The number of hydrogen-bond donors (Lipinski definition) is 3. The molecule has 0 saturated carbocycles. The minimum absolute atomic E-state index is 0. The summed E-state index contributed by atoms with van der Waals surface area (Å²) in [5.41, 5.74) is 0. The fourth-order valence-corrected chi connectivity index (χ4v) is 3.10. The number of hydrogen-bond acceptors (Lipinski definition) is 3. The average Bonchev–Trinajstić information content (AvgIpc) is 2.62. The van der Waals surface area contributed by atoms with Crippen molar-refractivity contribution in [1.29, 1.82) is 0 Å². The van der Waals surface area contributed by atoms with Gasteiger partial charge in [-0.3, -0.25) is 9.59 Å². The number of unbranched alkanes of at least 4 members (excludes halogenated alkanes) is 12. The molecular formula is C21H40KNO5. The van der Waals surface area contributed by atoms with Gasteiger partial charge in [0.05, 0.1) is 0 Å². The molecule has 0 heterocycles. The summed E-state index contributed by atoms with van der Waals surface area (Å²) in [4.78, 5) is 33.3. The summed E-state index contributed by atoms with van der Waals surface area (Å²) in [5, 5.41) is 20.0. The Morgan fingerprint density at radius 1 is 0.750 bits per heavy atom. The van der Waals surface area contributed by atoms with E-state index in [1.54, 1.807) is 0 Å². The van der Waals surface area contributed by atoms with Gasteiger partial charge >= 0.3 is 63.3 Å². The minimum atomic E-state index is -1.19. The number of amides is 1. The van der Waals surface area contributed by atoms with E-state index in [1.807, 2.05) is 0 Å². The third kappa shape index (κ3) is 20.8. The number of carboxylic acid groups (broad SMARTS) is 2.